The van der Waals surface area contributed by atoms with Crippen molar-refractivity contribution in [1.29, 1.82) is 0 Å². The average molecular weight is 216 g/mol. The Balaban J connectivity index is 2.08. The second-order valence-electron chi connectivity index (χ2n) is 4.07. The molecule has 1 N–H and O–H groups in total. The van der Waals surface area contributed by atoms with Crippen LogP contribution in [0.4, 0.5) is 0 Å². The second kappa shape index (κ2) is 6.30. The van der Waals surface area contributed by atoms with Crippen LogP contribution < -0.4 is 5.32 Å². The highest BCUT2D eigenvalue weighted by molar-refractivity contribution is 7.81. The number of nitrogens with one attached hydrogen (secondary N) is 1. The number of nitrogens with zero attached hydrogens (tertiary/aromatic N) is 1. The smallest absolute Gasteiger partial charge is 0.229 e. The number of hydrogen-bond acceptors (Lipinski definition) is 3. The van der Waals surface area contributed by atoms with Gasteiger partial charge in [-0.15, -0.1) is 0 Å². The lowest BCUT2D eigenvalue weighted by molar-refractivity contribution is -0.118. The lowest BCUT2D eigenvalue weighted by atomic mass is 9.95. The second-order valence-corrected chi connectivity index (χ2v) is 4.38. The van der Waals surface area contributed by atoms with Crippen molar-refractivity contribution in [3.05, 3.63) is 0 Å². The number of likely N-dealkylation sites (tertiary alicyclic amines) is 1. The summed E-state index contributed by atoms with van der Waals surface area (Å²) >= 11 is 3.91. The molecule has 1 rings (SSSR count). The molecule has 3 nitrogen and oxygen atoms in total. The molecule has 1 aliphatic rings. The fourth-order valence-corrected chi connectivity index (χ4v) is 2.09. The van der Waals surface area contributed by atoms with Crippen LogP contribution in [0, 0.1) is 5.92 Å². The van der Waals surface area contributed by atoms with Crippen molar-refractivity contribution < 1.29 is 4.79 Å². The molecular weight excluding hydrogens is 196 g/mol. The van der Waals surface area contributed by atoms with Gasteiger partial charge in [0.15, 0.2) is 0 Å². The van der Waals surface area contributed by atoms with E-state index in [1.807, 2.05) is 0 Å². The van der Waals surface area contributed by atoms with Crippen molar-refractivity contribution in [3.63, 3.8) is 0 Å². The Kier molecular flexibility index (Phi) is 5.33. The van der Waals surface area contributed by atoms with Gasteiger partial charge in [0.1, 0.15) is 0 Å². The molecule has 1 amide bonds. The third-order valence-electron chi connectivity index (χ3n) is 2.74. The number of carbonyl (C=O) groups is 1. The first-order valence-corrected chi connectivity index (χ1v) is 5.91. The third-order valence-corrected chi connectivity index (χ3v) is 3.03. The van der Waals surface area contributed by atoms with Crippen LogP contribution in [0.2, 0.25) is 0 Å². The standard InChI is InChI=1S/C10H20N2OS/c1-12-6-2-3-9(7-12)4-5-11-10(13)8-14/h9,14H,2-8H2,1H3,(H,11,13). The van der Waals surface area contributed by atoms with Gasteiger partial charge in [-0.25, -0.2) is 0 Å². The SMILES string of the molecule is CN1CCCC(CCNC(=O)CS)C1. The van der Waals surface area contributed by atoms with Crippen molar-refractivity contribution in [2.45, 2.75) is 19.3 Å². The molecule has 1 saturated heterocycles. The molecule has 1 heterocycles. The number of carbonyl (C=O) groups excluding carboxylic acids is 1. The summed E-state index contributed by atoms with van der Waals surface area (Å²) in [6, 6.07) is 0. The quantitative estimate of drug-likeness (QED) is 0.680. The zero-order chi connectivity index (χ0) is 10.4. The van der Waals surface area contributed by atoms with E-state index in [-0.39, 0.29) is 5.91 Å². The predicted molar refractivity (Wildman–Crippen MR) is 61.7 cm³/mol. The first kappa shape index (κ1) is 11.9. The molecule has 0 bridgehead atoms. The normalized spacial score (nSPS) is 23.4. The van der Waals surface area contributed by atoms with Crippen LogP contribution in [-0.4, -0.2) is 43.2 Å². The predicted octanol–water partition coefficient (Wildman–Crippen LogP) is 0.764. The summed E-state index contributed by atoms with van der Waals surface area (Å²) in [4.78, 5) is 13.3. The van der Waals surface area contributed by atoms with E-state index in [9.17, 15) is 4.79 Å². The molecule has 0 aromatic carbocycles. The van der Waals surface area contributed by atoms with Crippen molar-refractivity contribution in [1.82, 2.24) is 10.2 Å². The Morgan fingerprint density at radius 2 is 2.43 bits per heavy atom. The van der Waals surface area contributed by atoms with E-state index in [1.165, 1.54) is 25.9 Å². The zero-order valence-corrected chi connectivity index (χ0v) is 9.72. The molecule has 82 valence electrons. The summed E-state index contributed by atoms with van der Waals surface area (Å²) in [7, 11) is 2.17. The monoisotopic (exact) mass is 216 g/mol. The highest BCUT2D eigenvalue weighted by Crippen LogP contribution is 2.17. The van der Waals surface area contributed by atoms with Crippen LogP contribution in [-0.2, 0) is 4.79 Å². The molecule has 1 fully saturated rings. The van der Waals surface area contributed by atoms with Crippen molar-refractivity contribution >= 4 is 18.5 Å². The van der Waals surface area contributed by atoms with E-state index in [0.29, 0.717) is 5.75 Å². The molecule has 0 aromatic rings. The minimum atomic E-state index is 0.0393. The van der Waals surface area contributed by atoms with Crippen LogP contribution in [0.5, 0.6) is 0 Å². The molecule has 0 spiro atoms. The average Bonchev–Trinajstić information content (AvgIpc) is 2.17. The van der Waals surface area contributed by atoms with Crippen LogP contribution in [0.25, 0.3) is 0 Å². The van der Waals surface area contributed by atoms with E-state index in [0.717, 1.165) is 18.9 Å². The summed E-state index contributed by atoms with van der Waals surface area (Å²) in [6.45, 7) is 3.20. The molecule has 0 radical (unpaired) electrons. The topological polar surface area (TPSA) is 32.3 Å². The van der Waals surface area contributed by atoms with Gasteiger partial charge in [-0.2, -0.15) is 12.6 Å². The fourth-order valence-electron chi connectivity index (χ4n) is 1.98. The number of thiol groups is 1. The van der Waals surface area contributed by atoms with Crippen LogP contribution in [0.1, 0.15) is 19.3 Å². The van der Waals surface area contributed by atoms with Gasteiger partial charge < -0.3 is 10.2 Å². The van der Waals surface area contributed by atoms with E-state index >= 15 is 0 Å². The summed E-state index contributed by atoms with van der Waals surface area (Å²) in [5.74, 6) is 1.09. The Bertz CT molecular complexity index is 187. The maximum absolute atomic E-state index is 10.9. The lowest BCUT2D eigenvalue weighted by Gasteiger charge is -2.29. The molecule has 0 aliphatic carbocycles. The highest BCUT2D eigenvalue weighted by Gasteiger charge is 2.16. The van der Waals surface area contributed by atoms with E-state index < -0.39 is 0 Å². The van der Waals surface area contributed by atoms with Gasteiger partial charge in [-0.3, -0.25) is 4.79 Å². The first-order chi connectivity index (χ1) is 6.72. The lowest BCUT2D eigenvalue weighted by Crippen LogP contribution is -2.34. The molecule has 1 atom stereocenters. The first-order valence-electron chi connectivity index (χ1n) is 5.28. The highest BCUT2D eigenvalue weighted by atomic mass is 32.1. The minimum absolute atomic E-state index is 0.0393. The number of rotatable bonds is 4. The van der Waals surface area contributed by atoms with Gasteiger partial charge in [0, 0.05) is 13.1 Å². The molecule has 1 unspecified atom stereocenters. The van der Waals surface area contributed by atoms with E-state index in [4.69, 9.17) is 0 Å². The van der Waals surface area contributed by atoms with Gasteiger partial charge in [-0.05, 0) is 38.8 Å². The Hall–Kier alpha value is -0.220. The maximum atomic E-state index is 10.9. The fraction of sp³-hybridized carbons (Fsp3) is 0.900. The Labute approximate surface area is 91.6 Å². The van der Waals surface area contributed by atoms with Gasteiger partial charge in [0.25, 0.3) is 0 Å². The van der Waals surface area contributed by atoms with Crippen LogP contribution >= 0.6 is 12.6 Å². The largest absolute Gasteiger partial charge is 0.355 e. The number of amides is 1. The van der Waals surface area contributed by atoms with Crippen molar-refractivity contribution in [2.24, 2.45) is 5.92 Å². The van der Waals surface area contributed by atoms with E-state index in [1.54, 1.807) is 0 Å². The summed E-state index contributed by atoms with van der Waals surface area (Å²) in [6.07, 6.45) is 3.70. The van der Waals surface area contributed by atoms with Crippen molar-refractivity contribution in [2.75, 3.05) is 32.4 Å². The summed E-state index contributed by atoms with van der Waals surface area (Å²) < 4.78 is 0. The van der Waals surface area contributed by atoms with Gasteiger partial charge in [-0.1, -0.05) is 0 Å². The Morgan fingerprint density at radius 1 is 1.64 bits per heavy atom. The molecule has 4 heteroatoms. The number of hydrogen-bond donors (Lipinski definition) is 2. The molecule has 14 heavy (non-hydrogen) atoms. The van der Waals surface area contributed by atoms with Crippen LogP contribution in [0.15, 0.2) is 0 Å². The van der Waals surface area contributed by atoms with Crippen molar-refractivity contribution in [3.8, 4) is 0 Å². The van der Waals surface area contributed by atoms with Gasteiger partial charge in [0.2, 0.25) is 5.91 Å². The van der Waals surface area contributed by atoms with E-state index in [2.05, 4.69) is 29.9 Å². The summed E-state index contributed by atoms with van der Waals surface area (Å²) in [5.41, 5.74) is 0. The van der Waals surface area contributed by atoms with Crippen LogP contribution in [0.3, 0.4) is 0 Å². The molecule has 1 aliphatic heterocycles. The third kappa shape index (κ3) is 4.33. The Morgan fingerprint density at radius 3 is 3.07 bits per heavy atom. The molecule has 0 aromatic heterocycles. The minimum Gasteiger partial charge on any atom is -0.355 e. The zero-order valence-electron chi connectivity index (χ0n) is 8.83. The van der Waals surface area contributed by atoms with Gasteiger partial charge in [0.05, 0.1) is 5.75 Å². The molecular formula is C10H20N2OS. The number of piperidine rings is 1. The maximum Gasteiger partial charge on any atom is 0.229 e. The molecule has 0 saturated carbocycles. The summed E-state index contributed by atoms with van der Waals surface area (Å²) in [5, 5.41) is 2.86. The van der Waals surface area contributed by atoms with Gasteiger partial charge >= 0.3 is 0 Å².